The average molecular weight is 497 g/mol. The summed E-state index contributed by atoms with van der Waals surface area (Å²) in [7, 11) is 1.66. The van der Waals surface area contributed by atoms with E-state index in [1.165, 1.54) is 11.1 Å². The second kappa shape index (κ2) is 9.30. The van der Waals surface area contributed by atoms with Crippen molar-refractivity contribution in [2.75, 3.05) is 7.05 Å². The SMILES string of the molecule is CCc1c(C)c2cc3[nH]c(cc4nc(c(C)c5nc(cc1[nH]2)C(C)=C5C(=O)NC)CC4C)c(C)c3CN. The van der Waals surface area contributed by atoms with E-state index in [2.05, 4.69) is 61.2 Å². The van der Waals surface area contributed by atoms with Crippen LogP contribution in [0.15, 0.2) is 18.2 Å². The first-order valence-corrected chi connectivity index (χ1v) is 13.0. The number of fused-ring (bicyclic) bond motifs is 8. The van der Waals surface area contributed by atoms with Crippen LogP contribution in [0, 0.1) is 20.8 Å². The molecule has 0 aromatic carbocycles. The molecule has 1 atom stereocenters. The van der Waals surface area contributed by atoms with Crippen molar-refractivity contribution >= 4 is 39.1 Å². The summed E-state index contributed by atoms with van der Waals surface area (Å²) in [4.78, 5) is 30.3. The fourth-order valence-electron chi connectivity index (χ4n) is 5.68. The Hall–Kier alpha value is -3.71. The van der Waals surface area contributed by atoms with Gasteiger partial charge in [0.25, 0.3) is 5.91 Å². The van der Waals surface area contributed by atoms with Crippen LogP contribution in [0.3, 0.4) is 0 Å². The standard InChI is InChI=1S/C30H36N6O/c1-8-19-15(3)24-11-27-20(13-31)16(4)23(35-27)10-21-14(2)9-22(33-21)18(6)29-28(30(37)32-7)17(5)25(36-29)12-26(19)34-24/h10-12,14,34-35H,8-9,13,31H2,1-7H3,(H,32,37). The molecule has 0 saturated carbocycles. The van der Waals surface area contributed by atoms with E-state index in [4.69, 9.17) is 15.7 Å². The Morgan fingerprint density at radius 3 is 2.27 bits per heavy atom. The zero-order chi connectivity index (χ0) is 26.6. The van der Waals surface area contributed by atoms with Crippen molar-refractivity contribution < 1.29 is 4.79 Å². The van der Waals surface area contributed by atoms with Crippen molar-refractivity contribution in [1.29, 1.82) is 0 Å². The number of nitrogens with one attached hydrogen (secondary N) is 3. The summed E-state index contributed by atoms with van der Waals surface area (Å²) >= 11 is 0. The second-order valence-electron chi connectivity index (χ2n) is 10.2. The molecule has 37 heavy (non-hydrogen) atoms. The Labute approximate surface area is 217 Å². The lowest BCUT2D eigenvalue weighted by atomic mass is 9.99. The first-order valence-electron chi connectivity index (χ1n) is 13.0. The van der Waals surface area contributed by atoms with Gasteiger partial charge in [-0.2, -0.15) is 0 Å². The fraction of sp³-hybridized carbons (Fsp3) is 0.367. The molecule has 192 valence electrons. The van der Waals surface area contributed by atoms with Gasteiger partial charge in [0.1, 0.15) is 0 Å². The maximum atomic E-state index is 13.0. The molecule has 8 bridgehead atoms. The van der Waals surface area contributed by atoms with E-state index in [-0.39, 0.29) is 11.8 Å². The number of aromatic amines is 2. The maximum absolute atomic E-state index is 13.0. The van der Waals surface area contributed by atoms with Crippen molar-refractivity contribution in [2.45, 2.75) is 66.8 Å². The van der Waals surface area contributed by atoms with Crippen LogP contribution in [0.2, 0.25) is 0 Å². The Morgan fingerprint density at radius 1 is 0.973 bits per heavy atom. The monoisotopic (exact) mass is 496 g/mol. The first-order chi connectivity index (χ1) is 17.7. The molecule has 0 fully saturated rings. The largest absolute Gasteiger partial charge is 0.355 e. The van der Waals surface area contributed by atoms with E-state index in [1.54, 1.807) is 7.05 Å². The van der Waals surface area contributed by atoms with Gasteiger partial charge >= 0.3 is 0 Å². The Kier molecular flexibility index (Phi) is 6.28. The van der Waals surface area contributed by atoms with Gasteiger partial charge in [0.15, 0.2) is 0 Å². The molecule has 0 spiro atoms. The molecule has 1 unspecified atom stereocenters. The molecule has 5 N–H and O–H groups in total. The van der Waals surface area contributed by atoms with E-state index in [9.17, 15) is 4.79 Å². The number of likely N-dealkylation sites (N-methyl/N-ethyl adjacent to an activating group) is 1. The van der Waals surface area contributed by atoms with Gasteiger partial charge in [-0.25, -0.2) is 4.98 Å². The second-order valence-corrected chi connectivity index (χ2v) is 10.2. The van der Waals surface area contributed by atoms with E-state index >= 15 is 0 Å². The number of aryl methyl sites for hydroxylation is 3. The molecule has 5 rings (SSSR count). The van der Waals surface area contributed by atoms with E-state index < -0.39 is 0 Å². The summed E-state index contributed by atoms with van der Waals surface area (Å²) in [6, 6.07) is 6.38. The number of amides is 1. The number of H-pyrrole nitrogens is 2. The van der Waals surface area contributed by atoms with E-state index in [0.717, 1.165) is 74.3 Å². The molecule has 3 aromatic heterocycles. The number of allylic oxidation sites excluding steroid dienone is 1. The maximum Gasteiger partial charge on any atom is 0.253 e. The molecule has 2 aliphatic heterocycles. The predicted octanol–water partition coefficient (Wildman–Crippen LogP) is 5.28. The van der Waals surface area contributed by atoms with Crippen LogP contribution in [0.4, 0.5) is 0 Å². The summed E-state index contributed by atoms with van der Waals surface area (Å²) in [6.45, 7) is 13.1. The van der Waals surface area contributed by atoms with E-state index in [1.807, 2.05) is 13.8 Å². The van der Waals surface area contributed by atoms with Gasteiger partial charge in [0.05, 0.1) is 17.0 Å². The summed E-state index contributed by atoms with van der Waals surface area (Å²) in [6.07, 6.45) is 1.68. The summed E-state index contributed by atoms with van der Waals surface area (Å²) in [5.41, 5.74) is 20.9. The highest BCUT2D eigenvalue weighted by molar-refractivity contribution is 6.27. The van der Waals surface area contributed by atoms with Gasteiger partial charge in [0.2, 0.25) is 0 Å². The molecule has 7 heteroatoms. The lowest BCUT2D eigenvalue weighted by Crippen LogP contribution is -2.19. The van der Waals surface area contributed by atoms with Gasteiger partial charge in [-0.1, -0.05) is 13.8 Å². The smallest absolute Gasteiger partial charge is 0.253 e. The third-order valence-electron chi connectivity index (χ3n) is 8.06. The minimum atomic E-state index is -0.129. The lowest BCUT2D eigenvalue weighted by molar-refractivity contribution is -0.115. The fourth-order valence-corrected chi connectivity index (χ4v) is 5.68. The molecule has 0 saturated heterocycles. The molecule has 0 radical (unpaired) electrons. The zero-order valence-corrected chi connectivity index (χ0v) is 22.8. The summed E-state index contributed by atoms with van der Waals surface area (Å²) in [5, 5.41) is 2.81. The van der Waals surface area contributed by atoms with Crippen LogP contribution in [0.25, 0.3) is 33.2 Å². The first kappa shape index (κ1) is 25.0. The Balaban J connectivity index is 2.00. The van der Waals surface area contributed by atoms with E-state index in [0.29, 0.717) is 17.8 Å². The van der Waals surface area contributed by atoms with Crippen molar-refractivity contribution in [3.8, 4) is 0 Å². The number of nitrogens with two attached hydrogens (primary N) is 1. The van der Waals surface area contributed by atoms with Crippen LogP contribution in [0.1, 0.15) is 77.3 Å². The molecule has 7 nitrogen and oxygen atoms in total. The third-order valence-corrected chi connectivity index (χ3v) is 8.06. The number of rotatable bonds is 3. The highest BCUT2D eigenvalue weighted by Gasteiger charge is 2.27. The molecular weight excluding hydrogens is 460 g/mol. The average Bonchev–Trinajstić information content (AvgIpc) is 3.57. The molecule has 5 heterocycles. The molecule has 1 amide bonds. The minimum Gasteiger partial charge on any atom is -0.355 e. The van der Waals surface area contributed by atoms with Crippen molar-refractivity contribution in [3.05, 3.63) is 68.8 Å². The third kappa shape index (κ3) is 3.98. The van der Waals surface area contributed by atoms with Gasteiger partial charge in [-0.3, -0.25) is 9.78 Å². The number of nitrogens with zero attached hydrogens (tertiary/aromatic N) is 2. The number of hydrogen-bond donors (Lipinski definition) is 4. The molecule has 2 aliphatic rings. The Bertz CT molecular complexity index is 1640. The highest BCUT2D eigenvalue weighted by atomic mass is 16.1. The molecule has 3 aromatic rings. The molecular formula is C30H36N6O. The van der Waals surface area contributed by atoms with Gasteiger partial charge in [0, 0.05) is 53.0 Å². The van der Waals surface area contributed by atoms with Crippen LogP contribution < -0.4 is 11.1 Å². The van der Waals surface area contributed by atoms with Gasteiger partial charge in [-0.15, -0.1) is 0 Å². The van der Waals surface area contributed by atoms with Crippen LogP contribution in [-0.2, 0) is 24.2 Å². The number of carbonyl (C=O) groups excluding carboxylic acids is 1. The zero-order valence-electron chi connectivity index (χ0n) is 22.8. The highest BCUT2D eigenvalue weighted by Crippen LogP contribution is 2.35. The minimum absolute atomic E-state index is 0.129. The van der Waals surface area contributed by atoms with Crippen molar-refractivity contribution in [1.82, 2.24) is 25.3 Å². The number of hydrogen-bond acceptors (Lipinski definition) is 4. The quantitative estimate of drug-likeness (QED) is 0.395. The number of aromatic nitrogens is 4. The van der Waals surface area contributed by atoms with Gasteiger partial charge in [-0.05, 0) is 92.1 Å². The van der Waals surface area contributed by atoms with Crippen LogP contribution in [0.5, 0.6) is 0 Å². The summed E-state index contributed by atoms with van der Waals surface area (Å²) in [5.74, 6) is 0.123. The lowest BCUT2D eigenvalue weighted by Gasteiger charge is -2.06. The van der Waals surface area contributed by atoms with Crippen LogP contribution in [-0.4, -0.2) is 32.9 Å². The van der Waals surface area contributed by atoms with Crippen molar-refractivity contribution in [2.24, 2.45) is 5.73 Å². The Morgan fingerprint density at radius 2 is 1.62 bits per heavy atom. The predicted molar refractivity (Wildman–Crippen MR) is 151 cm³/mol. The summed E-state index contributed by atoms with van der Waals surface area (Å²) < 4.78 is 0. The van der Waals surface area contributed by atoms with Gasteiger partial charge < -0.3 is 21.0 Å². The normalized spacial score (nSPS) is 15.4. The van der Waals surface area contributed by atoms with Crippen molar-refractivity contribution in [3.63, 3.8) is 0 Å². The molecule has 0 aliphatic carbocycles. The topological polar surface area (TPSA) is 112 Å². The van der Waals surface area contributed by atoms with Crippen LogP contribution >= 0.6 is 0 Å². The number of carbonyl (C=O) groups is 1.